The molecule has 0 N–H and O–H groups in total. The van der Waals surface area contributed by atoms with Crippen molar-refractivity contribution in [3.05, 3.63) is 47.7 Å². The van der Waals surface area contributed by atoms with Gasteiger partial charge in [-0.15, -0.1) is 0 Å². The van der Waals surface area contributed by atoms with Gasteiger partial charge in [0.15, 0.2) is 5.65 Å². The molecule has 0 atom stereocenters. The van der Waals surface area contributed by atoms with Crippen LogP contribution < -0.4 is 4.74 Å². The maximum atomic E-state index is 6.17. The molecule has 0 aliphatic rings. The van der Waals surface area contributed by atoms with Crippen LogP contribution in [0.5, 0.6) is 5.75 Å². The van der Waals surface area contributed by atoms with E-state index in [4.69, 9.17) is 16.3 Å². The van der Waals surface area contributed by atoms with Gasteiger partial charge in [-0.2, -0.15) is 5.10 Å². The van der Waals surface area contributed by atoms with E-state index < -0.39 is 0 Å². The minimum absolute atomic E-state index is 0.519. The summed E-state index contributed by atoms with van der Waals surface area (Å²) in [6.45, 7) is 4.00. The molecule has 3 rings (SSSR count). The highest BCUT2D eigenvalue weighted by atomic mass is 35.5. The Hall–Kier alpha value is -2.07. The van der Waals surface area contributed by atoms with Crippen LogP contribution in [-0.2, 0) is 0 Å². The summed E-state index contributed by atoms with van der Waals surface area (Å²) in [6, 6.07) is 11.3. The van der Waals surface area contributed by atoms with Crippen LogP contribution in [-0.4, -0.2) is 21.7 Å². The Morgan fingerprint density at radius 3 is 2.65 bits per heavy atom. The molecule has 1 aromatic carbocycles. The lowest BCUT2D eigenvalue weighted by molar-refractivity contribution is 0.416. The second-order valence-electron chi connectivity index (χ2n) is 3.77. The Balaban J connectivity index is 0.000000704. The molecule has 0 amide bonds. The van der Waals surface area contributed by atoms with Gasteiger partial charge in [0, 0.05) is 17.7 Å². The van der Waals surface area contributed by atoms with E-state index in [1.807, 2.05) is 44.2 Å². The maximum absolute atomic E-state index is 6.17. The van der Waals surface area contributed by atoms with Gasteiger partial charge < -0.3 is 4.74 Å². The van der Waals surface area contributed by atoms with Crippen LogP contribution in [0, 0.1) is 0 Å². The van der Waals surface area contributed by atoms with Crippen molar-refractivity contribution in [2.24, 2.45) is 0 Å². The third kappa shape index (κ3) is 2.60. The van der Waals surface area contributed by atoms with Gasteiger partial charge in [-0.05, 0) is 12.1 Å². The number of fused-ring (bicyclic) bond motifs is 1. The number of hydrogen-bond donors (Lipinski definition) is 0. The molecule has 0 aliphatic heterocycles. The Morgan fingerprint density at radius 1 is 1.15 bits per heavy atom. The van der Waals surface area contributed by atoms with E-state index >= 15 is 0 Å². The zero-order valence-corrected chi connectivity index (χ0v) is 12.4. The molecule has 20 heavy (non-hydrogen) atoms. The van der Waals surface area contributed by atoms with Gasteiger partial charge in [0.25, 0.3) is 0 Å². The Bertz CT molecular complexity index is 709. The molecule has 0 radical (unpaired) electrons. The van der Waals surface area contributed by atoms with E-state index in [0.717, 1.165) is 17.0 Å². The highest BCUT2D eigenvalue weighted by Crippen LogP contribution is 2.29. The molecule has 0 saturated carbocycles. The SMILES string of the molecule is CC.COc1ccccc1-c1cc(Cl)n2nccc2n1. The third-order valence-corrected chi connectivity index (χ3v) is 2.97. The van der Waals surface area contributed by atoms with Crippen LogP contribution in [0.2, 0.25) is 5.15 Å². The number of hydrogen-bond acceptors (Lipinski definition) is 3. The van der Waals surface area contributed by atoms with Crippen molar-refractivity contribution in [2.75, 3.05) is 7.11 Å². The maximum Gasteiger partial charge on any atom is 0.157 e. The molecular weight excluding hydrogens is 274 g/mol. The summed E-state index contributed by atoms with van der Waals surface area (Å²) in [5.74, 6) is 0.768. The van der Waals surface area contributed by atoms with E-state index in [1.54, 1.807) is 23.9 Å². The van der Waals surface area contributed by atoms with Gasteiger partial charge in [-0.25, -0.2) is 9.50 Å². The molecule has 2 heterocycles. The average molecular weight is 290 g/mol. The van der Waals surface area contributed by atoms with Crippen molar-refractivity contribution in [1.29, 1.82) is 0 Å². The zero-order chi connectivity index (χ0) is 14.5. The summed E-state index contributed by atoms with van der Waals surface area (Å²) < 4.78 is 6.91. The third-order valence-electron chi connectivity index (χ3n) is 2.70. The van der Waals surface area contributed by atoms with Crippen molar-refractivity contribution < 1.29 is 4.74 Å². The van der Waals surface area contributed by atoms with Gasteiger partial charge in [-0.1, -0.05) is 37.6 Å². The lowest BCUT2D eigenvalue weighted by Crippen LogP contribution is -1.95. The summed E-state index contributed by atoms with van der Waals surface area (Å²) >= 11 is 6.17. The Morgan fingerprint density at radius 2 is 1.90 bits per heavy atom. The summed E-state index contributed by atoms with van der Waals surface area (Å²) in [7, 11) is 1.64. The van der Waals surface area contributed by atoms with Gasteiger partial charge in [0.2, 0.25) is 0 Å². The van der Waals surface area contributed by atoms with Crippen LogP contribution in [0.1, 0.15) is 13.8 Å². The predicted molar refractivity (Wildman–Crippen MR) is 81.3 cm³/mol. The molecule has 104 valence electrons. The first-order chi connectivity index (χ1) is 9.79. The number of nitrogens with zero attached hydrogens (tertiary/aromatic N) is 3. The average Bonchev–Trinajstić information content (AvgIpc) is 2.98. The molecule has 0 unspecified atom stereocenters. The Labute approximate surface area is 123 Å². The lowest BCUT2D eigenvalue weighted by Gasteiger charge is -2.08. The fraction of sp³-hybridized carbons (Fsp3) is 0.200. The lowest BCUT2D eigenvalue weighted by atomic mass is 10.1. The highest BCUT2D eigenvalue weighted by molar-refractivity contribution is 6.30. The van der Waals surface area contributed by atoms with E-state index in [0.29, 0.717) is 10.8 Å². The van der Waals surface area contributed by atoms with Gasteiger partial charge >= 0.3 is 0 Å². The molecule has 0 saturated heterocycles. The highest BCUT2D eigenvalue weighted by Gasteiger charge is 2.10. The molecule has 3 aromatic rings. The molecule has 0 fully saturated rings. The zero-order valence-electron chi connectivity index (χ0n) is 11.7. The first-order valence-corrected chi connectivity index (χ1v) is 6.81. The summed E-state index contributed by atoms with van der Waals surface area (Å²) in [5.41, 5.74) is 2.39. The van der Waals surface area contributed by atoms with E-state index in [-0.39, 0.29) is 0 Å². The van der Waals surface area contributed by atoms with Gasteiger partial charge in [0.1, 0.15) is 10.9 Å². The second-order valence-corrected chi connectivity index (χ2v) is 4.15. The van der Waals surface area contributed by atoms with E-state index in [2.05, 4.69) is 10.1 Å². The topological polar surface area (TPSA) is 39.4 Å². The fourth-order valence-electron chi connectivity index (χ4n) is 1.87. The number of para-hydroxylation sites is 1. The van der Waals surface area contributed by atoms with Gasteiger partial charge in [-0.3, -0.25) is 0 Å². The Kier molecular flexibility index (Phi) is 4.58. The fourth-order valence-corrected chi connectivity index (χ4v) is 2.10. The standard InChI is InChI=1S/C13H10ClN3O.C2H6/c1-18-11-5-3-2-4-9(11)10-8-12(14)17-13(16-10)6-7-15-17;1-2/h2-8H,1H3;1-2H3. The number of ether oxygens (including phenoxy) is 1. The van der Waals surface area contributed by atoms with Crippen LogP contribution in [0.15, 0.2) is 42.6 Å². The number of halogens is 1. The van der Waals surface area contributed by atoms with Crippen molar-refractivity contribution in [3.63, 3.8) is 0 Å². The largest absolute Gasteiger partial charge is 0.496 e. The molecule has 5 heteroatoms. The summed E-state index contributed by atoms with van der Waals surface area (Å²) in [5, 5.41) is 4.61. The van der Waals surface area contributed by atoms with Crippen LogP contribution in [0.3, 0.4) is 0 Å². The van der Waals surface area contributed by atoms with Gasteiger partial charge in [0.05, 0.1) is 19.0 Å². The smallest absolute Gasteiger partial charge is 0.157 e. The van der Waals surface area contributed by atoms with E-state index in [1.165, 1.54) is 0 Å². The number of benzene rings is 1. The van der Waals surface area contributed by atoms with E-state index in [9.17, 15) is 0 Å². The van der Waals surface area contributed by atoms with Crippen molar-refractivity contribution in [2.45, 2.75) is 13.8 Å². The molecule has 0 aliphatic carbocycles. The molecule has 2 aromatic heterocycles. The first-order valence-electron chi connectivity index (χ1n) is 6.43. The first kappa shape index (κ1) is 14.3. The molecule has 0 spiro atoms. The number of rotatable bonds is 2. The van der Waals surface area contributed by atoms with Crippen LogP contribution in [0.4, 0.5) is 0 Å². The normalized spacial score (nSPS) is 10.0. The molecule has 0 bridgehead atoms. The summed E-state index contributed by atoms with van der Waals surface area (Å²) in [4.78, 5) is 4.51. The van der Waals surface area contributed by atoms with Crippen molar-refractivity contribution in [1.82, 2.24) is 14.6 Å². The monoisotopic (exact) mass is 289 g/mol. The van der Waals surface area contributed by atoms with Crippen molar-refractivity contribution >= 4 is 17.2 Å². The molecular formula is C15H16ClN3O. The molecule has 4 nitrogen and oxygen atoms in total. The quantitative estimate of drug-likeness (QED) is 0.667. The number of aromatic nitrogens is 3. The minimum Gasteiger partial charge on any atom is -0.496 e. The second kappa shape index (κ2) is 6.39. The number of methoxy groups -OCH3 is 1. The minimum atomic E-state index is 0.519. The van der Waals surface area contributed by atoms with Crippen LogP contribution >= 0.6 is 11.6 Å². The predicted octanol–water partition coefficient (Wildman–Crippen LogP) is 4.08. The van der Waals surface area contributed by atoms with Crippen molar-refractivity contribution in [3.8, 4) is 17.0 Å². The summed E-state index contributed by atoms with van der Waals surface area (Å²) in [6.07, 6.45) is 1.67. The van der Waals surface area contributed by atoms with Crippen LogP contribution in [0.25, 0.3) is 16.9 Å².